The van der Waals surface area contributed by atoms with Crippen LogP contribution in [0.4, 0.5) is 0 Å². The number of aliphatic hydroxyl groups is 1. The van der Waals surface area contributed by atoms with Gasteiger partial charge in [-0.25, -0.2) is 0 Å². The molecule has 1 amide bonds. The molecule has 186 valence electrons. The Morgan fingerprint density at radius 3 is 2.72 bits per heavy atom. The average Bonchev–Trinajstić information content (AvgIpc) is 3.21. The van der Waals surface area contributed by atoms with Crippen molar-refractivity contribution in [2.45, 2.75) is 61.8 Å². The van der Waals surface area contributed by atoms with Crippen LogP contribution in [0.5, 0.6) is 11.5 Å². The number of ether oxygens (including phenoxy) is 2. The molecule has 1 saturated heterocycles. The Labute approximate surface area is 211 Å². The highest BCUT2D eigenvalue weighted by Crippen LogP contribution is 2.65. The molecule has 5 atom stereocenters. The first-order chi connectivity index (χ1) is 17.3. The molecule has 0 radical (unpaired) electrons. The maximum atomic E-state index is 13.2. The normalized spacial score (nSPS) is 31.4. The molecule has 2 fully saturated rings. The first kappa shape index (κ1) is 23.1. The lowest BCUT2D eigenvalue weighted by atomic mass is 9.48. The third kappa shape index (κ3) is 3.07. The number of hydrogen-bond donors (Lipinski definition) is 1. The standard InChI is InChI=1S/C29H30N2O5/c1-18(32)35-22-11-10-20-17-23-29(34)14-13-21(31(3)24(33)12-9-19-7-5-4-6-8-19)27-28(29,15-16-30(23)2)25(20)26(22)36-27/h4-8,10-11,21,23,27,34H,13-17H2,1-3H3/t21-,23-,27+,28+,29-/m1/s1. The average molecular weight is 487 g/mol. The van der Waals surface area contributed by atoms with Gasteiger partial charge in [-0.15, -0.1) is 0 Å². The highest BCUT2D eigenvalue weighted by Gasteiger charge is 2.73. The summed E-state index contributed by atoms with van der Waals surface area (Å²) in [7, 11) is 3.84. The minimum absolute atomic E-state index is 0.0461. The van der Waals surface area contributed by atoms with E-state index in [-0.39, 0.29) is 18.0 Å². The predicted molar refractivity (Wildman–Crippen MR) is 133 cm³/mol. The lowest BCUT2D eigenvalue weighted by Gasteiger charge is -2.64. The molecule has 4 aliphatic rings. The van der Waals surface area contributed by atoms with E-state index in [2.05, 4.69) is 23.8 Å². The summed E-state index contributed by atoms with van der Waals surface area (Å²) in [5.74, 6) is 5.95. The summed E-state index contributed by atoms with van der Waals surface area (Å²) in [4.78, 5) is 29.0. The van der Waals surface area contributed by atoms with Crippen molar-refractivity contribution in [1.29, 1.82) is 0 Å². The van der Waals surface area contributed by atoms with Crippen molar-refractivity contribution < 1.29 is 24.2 Å². The van der Waals surface area contributed by atoms with Gasteiger partial charge in [-0.05, 0) is 63.0 Å². The molecular formula is C29H30N2O5. The van der Waals surface area contributed by atoms with Gasteiger partial charge in [-0.1, -0.05) is 30.2 Å². The topological polar surface area (TPSA) is 79.3 Å². The molecule has 36 heavy (non-hydrogen) atoms. The van der Waals surface area contributed by atoms with Crippen molar-refractivity contribution in [3.8, 4) is 23.3 Å². The fourth-order valence-electron chi connectivity index (χ4n) is 7.23. The highest BCUT2D eigenvalue weighted by atomic mass is 16.6. The number of rotatable bonds is 2. The van der Waals surface area contributed by atoms with Crippen LogP contribution in [0.2, 0.25) is 0 Å². The van der Waals surface area contributed by atoms with Crippen LogP contribution >= 0.6 is 0 Å². The Bertz CT molecular complexity index is 1310. The Morgan fingerprint density at radius 1 is 1.19 bits per heavy atom. The molecule has 1 saturated carbocycles. The van der Waals surface area contributed by atoms with Gasteiger partial charge in [0, 0.05) is 37.1 Å². The largest absolute Gasteiger partial charge is 0.483 e. The second kappa shape index (κ2) is 8.09. The van der Waals surface area contributed by atoms with Crippen LogP contribution in [0, 0.1) is 11.8 Å². The van der Waals surface area contributed by atoms with Crippen LogP contribution < -0.4 is 9.47 Å². The van der Waals surface area contributed by atoms with Crippen LogP contribution in [0.15, 0.2) is 42.5 Å². The van der Waals surface area contributed by atoms with Gasteiger partial charge in [0.25, 0.3) is 5.91 Å². The smallest absolute Gasteiger partial charge is 0.308 e. The van der Waals surface area contributed by atoms with Gasteiger partial charge in [0.2, 0.25) is 0 Å². The summed E-state index contributed by atoms with van der Waals surface area (Å²) in [5, 5.41) is 12.4. The van der Waals surface area contributed by atoms with Crippen LogP contribution in [0.25, 0.3) is 0 Å². The van der Waals surface area contributed by atoms with Gasteiger partial charge >= 0.3 is 5.97 Å². The molecule has 2 aliphatic heterocycles. The number of esters is 1. The number of carbonyl (C=O) groups excluding carboxylic acids is 2. The molecule has 7 nitrogen and oxygen atoms in total. The first-order valence-electron chi connectivity index (χ1n) is 12.5. The van der Waals surface area contributed by atoms with Crippen LogP contribution in [0.3, 0.4) is 0 Å². The molecule has 6 rings (SSSR count). The van der Waals surface area contributed by atoms with Gasteiger partial charge in [-0.3, -0.25) is 9.59 Å². The summed E-state index contributed by atoms with van der Waals surface area (Å²) in [6, 6.07) is 12.9. The number of benzene rings is 2. The zero-order chi connectivity index (χ0) is 25.2. The molecule has 0 aromatic heterocycles. The monoisotopic (exact) mass is 486 g/mol. The van der Waals surface area contributed by atoms with E-state index in [0.29, 0.717) is 37.2 Å². The fraction of sp³-hybridized carbons (Fsp3) is 0.448. The minimum Gasteiger partial charge on any atom is -0.483 e. The molecule has 2 bridgehead atoms. The molecular weight excluding hydrogens is 456 g/mol. The zero-order valence-corrected chi connectivity index (χ0v) is 20.8. The first-order valence-corrected chi connectivity index (χ1v) is 12.5. The molecule has 2 aromatic rings. The van der Waals surface area contributed by atoms with E-state index in [1.54, 1.807) is 18.0 Å². The number of nitrogens with zero attached hydrogens (tertiary/aromatic N) is 2. The molecule has 0 unspecified atom stereocenters. The van der Waals surface area contributed by atoms with E-state index in [1.165, 1.54) is 6.92 Å². The molecule has 1 N–H and O–H groups in total. The Hall–Kier alpha value is -3.34. The van der Waals surface area contributed by atoms with Crippen molar-refractivity contribution in [2.24, 2.45) is 0 Å². The molecule has 1 spiro atoms. The minimum atomic E-state index is -1.01. The maximum Gasteiger partial charge on any atom is 0.308 e. The summed E-state index contributed by atoms with van der Waals surface area (Å²) in [5.41, 5.74) is 1.16. The number of likely N-dealkylation sites (tertiary alicyclic amines) is 1. The quantitative estimate of drug-likeness (QED) is 0.399. The van der Waals surface area contributed by atoms with E-state index in [1.807, 2.05) is 36.4 Å². The van der Waals surface area contributed by atoms with Crippen molar-refractivity contribution in [3.63, 3.8) is 0 Å². The van der Waals surface area contributed by atoms with Crippen LogP contribution in [-0.2, 0) is 21.4 Å². The molecule has 2 aliphatic carbocycles. The second-order valence-electron chi connectivity index (χ2n) is 10.5. The van der Waals surface area contributed by atoms with E-state index in [4.69, 9.17) is 9.47 Å². The fourth-order valence-corrected chi connectivity index (χ4v) is 7.23. The maximum absolute atomic E-state index is 13.2. The third-order valence-corrected chi connectivity index (χ3v) is 8.84. The summed E-state index contributed by atoms with van der Waals surface area (Å²) in [6.07, 6.45) is 2.07. The van der Waals surface area contributed by atoms with Gasteiger partial charge in [0.15, 0.2) is 11.5 Å². The van der Waals surface area contributed by atoms with E-state index >= 15 is 0 Å². The SMILES string of the molecule is CC(=O)Oc1ccc2c3c1O[C@H]1[C@H](N(C)C(=O)C#Cc4ccccc4)CC[C@@]4(O)[C@@H](C2)N(C)CC[C@]314. The van der Waals surface area contributed by atoms with Crippen molar-refractivity contribution in [1.82, 2.24) is 9.80 Å². The summed E-state index contributed by atoms with van der Waals surface area (Å²) >= 11 is 0. The van der Waals surface area contributed by atoms with Gasteiger partial charge in [0.1, 0.15) is 6.10 Å². The van der Waals surface area contributed by atoms with Gasteiger partial charge in [0.05, 0.1) is 17.1 Å². The number of carbonyl (C=O) groups is 2. The Balaban J connectivity index is 1.43. The summed E-state index contributed by atoms with van der Waals surface area (Å²) in [6.45, 7) is 2.18. The van der Waals surface area contributed by atoms with E-state index < -0.39 is 23.1 Å². The van der Waals surface area contributed by atoms with Crippen molar-refractivity contribution >= 4 is 11.9 Å². The lowest BCUT2D eigenvalue weighted by Crippen LogP contribution is -2.77. The molecule has 2 aromatic carbocycles. The number of amides is 1. The van der Waals surface area contributed by atoms with Crippen LogP contribution in [-0.4, -0.2) is 71.2 Å². The molecule has 7 heteroatoms. The zero-order valence-electron chi connectivity index (χ0n) is 20.8. The second-order valence-corrected chi connectivity index (χ2v) is 10.5. The summed E-state index contributed by atoms with van der Waals surface area (Å²) < 4.78 is 12.2. The highest BCUT2D eigenvalue weighted by molar-refractivity contribution is 5.94. The van der Waals surface area contributed by atoms with Gasteiger partial charge in [-0.2, -0.15) is 0 Å². The van der Waals surface area contributed by atoms with Crippen molar-refractivity contribution in [2.75, 3.05) is 20.6 Å². The number of piperidine rings is 1. The van der Waals surface area contributed by atoms with Crippen molar-refractivity contribution in [3.05, 3.63) is 59.2 Å². The van der Waals surface area contributed by atoms with Gasteiger partial charge < -0.3 is 24.4 Å². The van der Waals surface area contributed by atoms with E-state index in [0.717, 1.165) is 23.2 Å². The Morgan fingerprint density at radius 2 is 1.97 bits per heavy atom. The molecule has 2 heterocycles. The van der Waals surface area contributed by atoms with E-state index in [9.17, 15) is 14.7 Å². The Kier molecular flexibility index (Phi) is 5.19. The number of hydrogen-bond acceptors (Lipinski definition) is 6. The lowest BCUT2D eigenvalue weighted by molar-refractivity contribution is -0.195. The predicted octanol–water partition coefficient (Wildman–Crippen LogP) is 2.27. The third-order valence-electron chi connectivity index (χ3n) is 8.84. The van der Waals surface area contributed by atoms with Crippen LogP contribution in [0.1, 0.15) is 42.9 Å². The number of likely N-dealkylation sites (N-methyl/N-ethyl adjacent to an activating group) is 2.